The molecule has 18 heavy (non-hydrogen) atoms. The van der Waals surface area contributed by atoms with Crippen molar-refractivity contribution in [2.45, 2.75) is 32.9 Å². The molecule has 1 rings (SSSR count). The van der Waals surface area contributed by atoms with Crippen LogP contribution in [0.4, 0.5) is 0 Å². The lowest BCUT2D eigenvalue weighted by atomic mass is 10.1. The van der Waals surface area contributed by atoms with E-state index in [0.717, 1.165) is 6.54 Å². The zero-order valence-electron chi connectivity index (χ0n) is 11.9. The molecule has 0 unspecified atom stereocenters. The van der Waals surface area contributed by atoms with Gasteiger partial charge >= 0.3 is 0 Å². The average molecular weight is 245 g/mol. The van der Waals surface area contributed by atoms with Crippen molar-refractivity contribution in [1.82, 2.24) is 4.90 Å². The van der Waals surface area contributed by atoms with Crippen molar-refractivity contribution < 1.29 is 4.74 Å². The van der Waals surface area contributed by atoms with Crippen LogP contribution in [0.3, 0.4) is 0 Å². The third-order valence-corrected chi connectivity index (χ3v) is 3.23. The van der Waals surface area contributed by atoms with Crippen molar-refractivity contribution in [3.63, 3.8) is 0 Å². The summed E-state index contributed by atoms with van der Waals surface area (Å²) < 4.78 is 5.67. The van der Waals surface area contributed by atoms with Crippen LogP contribution in [0, 0.1) is 19.3 Å². The van der Waals surface area contributed by atoms with Gasteiger partial charge in [0.25, 0.3) is 0 Å². The summed E-state index contributed by atoms with van der Waals surface area (Å²) in [6, 6.07) is 8.38. The number of nitrogens with zero attached hydrogens (tertiary/aromatic N) is 1. The van der Waals surface area contributed by atoms with Crippen LogP contribution in [0.1, 0.15) is 25.0 Å². The van der Waals surface area contributed by atoms with Gasteiger partial charge in [-0.15, -0.1) is 6.42 Å². The van der Waals surface area contributed by atoms with Gasteiger partial charge in [0, 0.05) is 6.54 Å². The van der Waals surface area contributed by atoms with E-state index in [9.17, 15) is 0 Å². The Morgan fingerprint density at radius 2 is 2.11 bits per heavy atom. The molecule has 0 aliphatic rings. The second-order valence-corrected chi connectivity index (χ2v) is 5.17. The van der Waals surface area contributed by atoms with E-state index in [2.05, 4.69) is 42.0 Å². The topological polar surface area (TPSA) is 12.5 Å². The Bertz CT molecular complexity index is 417. The van der Waals surface area contributed by atoms with Gasteiger partial charge in [0.2, 0.25) is 0 Å². The zero-order chi connectivity index (χ0) is 13.6. The van der Waals surface area contributed by atoms with Crippen LogP contribution < -0.4 is 0 Å². The fourth-order valence-corrected chi connectivity index (χ4v) is 1.58. The summed E-state index contributed by atoms with van der Waals surface area (Å²) in [6.07, 6.45) is 5.49. The lowest BCUT2D eigenvalue weighted by Gasteiger charge is -2.30. The van der Waals surface area contributed by atoms with Crippen LogP contribution in [0.15, 0.2) is 24.3 Å². The summed E-state index contributed by atoms with van der Waals surface area (Å²) in [5.74, 6) is 2.78. The molecule has 0 radical (unpaired) electrons. The van der Waals surface area contributed by atoms with Crippen LogP contribution in [-0.4, -0.2) is 30.6 Å². The van der Waals surface area contributed by atoms with E-state index in [-0.39, 0.29) is 5.54 Å². The highest BCUT2D eigenvalue weighted by Gasteiger charge is 2.19. The van der Waals surface area contributed by atoms with Gasteiger partial charge in [-0.2, -0.15) is 0 Å². The van der Waals surface area contributed by atoms with Gasteiger partial charge in [-0.25, -0.2) is 0 Å². The fraction of sp³-hybridized carbons (Fsp3) is 0.500. The van der Waals surface area contributed by atoms with Crippen LogP contribution in [0.25, 0.3) is 0 Å². The Morgan fingerprint density at radius 1 is 1.39 bits per heavy atom. The first-order chi connectivity index (χ1) is 8.45. The molecule has 0 saturated carbocycles. The summed E-state index contributed by atoms with van der Waals surface area (Å²) >= 11 is 0. The molecule has 2 heteroatoms. The molecule has 0 fully saturated rings. The SMILES string of the molecule is C#CC(C)(C)N(C)CCOCc1cccc(C)c1. The second kappa shape index (κ2) is 6.58. The van der Waals surface area contributed by atoms with Gasteiger partial charge in [-0.05, 0) is 33.4 Å². The predicted molar refractivity (Wildman–Crippen MR) is 76.4 cm³/mol. The second-order valence-electron chi connectivity index (χ2n) is 5.17. The lowest BCUT2D eigenvalue weighted by molar-refractivity contribution is 0.0815. The van der Waals surface area contributed by atoms with E-state index in [1.807, 2.05) is 20.9 Å². The number of terminal acetylenes is 1. The summed E-state index contributed by atoms with van der Waals surface area (Å²) in [6.45, 7) is 8.35. The molecule has 0 saturated heterocycles. The molecule has 0 amide bonds. The number of ether oxygens (including phenoxy) is 1. The standard InChI is InChI=1S/C16H23NO/c1-6-16(3,4)17(5)10-11-18-13-15-9-7-8-14(2)12-15/h1,7-9,12H,10-11,13H2,2-5H3. The molecule has 2 nitrogen and oxygen atoms in total. The van der Waals surface area contributed by atoms with Gasteiger partial charge in [-0.1, -0.05) is 35.7 Å². The van der Waals surface area contributed by atoms with Gasteiger partial charge in [0.1, 0.15) is 0 Å². The van der Waals surface area contributed by atoms with Crippen molar-refractivity contribution in [3.8, 4) is 12.3 Å². The number of aryl methyl sites for hydroxylation is 1. The maximum Gasteiger partial charge on any atom is 0.0764 e. The molecule has 0 aliphatic carbocycles. The van der Waals surface area contributed by atoms with Crippen LogP contribution >= 0.6 is 0 Å². The largest absolute Gasteiger partial charge is 0.375 e. The first-order valence-corrected chi connectivity index (χ1v) is 6.28. The lowest BCUT2D eigenvalue weighted by Crippen LogP contribution is -2.41. The fourth-order valence-electron chi connectivity index (χ4n) is 1.58. The van der Waals surface area contributed by atoms with Gasteiger partial charge in [-0.3, -0.25) is 4.90 Å². The Morgan fingerprint density at radius 3 is 2.72 bits per heavy atom. The maximum atomic E-state index is 5.67. The van der Waals surface area contributed by atoms with E-state index >= 15 is 0 Å². The molecular weight excluding hydrogens is 222 g/mol. The minimum Gasteiger partial charge on any atom is -0.375 e. The quantitative estimate of drug-likeness (QED) is 0.564. The van der Waals surface area contributed by atoms with Crippen molar-refractivity contribution in [2.75, 3.05) is 20.2 Å². The van der Waals surface area contributed by atoms with E-state index < -0.39 is 0 Å². The number of likely N-dealkylation sites (N-methyl/N-ethyl adjacent to an activating group) is 1. The maximum absolute atomic E-state index is 5.67. The van der Waals surface area contributed by atoms with Crippen LogP contribution in [0.2, 0.25) is 0 Å². The van der Waals surface area contributed by atoms with Crippen LogP contribution in [-0.2, 0) is 11.3 Å². The molecule has 1 aromatic carbocycles. The predicted octanol–water partition coefficient (Wildman–Crippen LogP) is 2.86. The number of hydrogen-bond donors (Lipinski definition) is 0. The van der Waals surface area contributed by atoms with Crippen molar-refractivity contribution in [2.24, 2.45) is 0 Å². The van der Waals surface area contributed by atoms with Gasteiger partial charge < -0.3 is 4.74 Å². The van der Waals surface area contributed by atoms with Gasteiger partial charge in [0.15, 0.2) is 0 Å². The Labute approximate surface area is 111 Å². The van der Waals surface area contributed by atoms with E-state index in [0.29, 0.717) is 13.2 Å². The highest BCUT2D eigenvalue weighted by Crippen LogP contribution is 2.10. The first-order valence-electron chi connectivity index (χ1n) is 6.28. The Hall–Kier alpha value is -1.30. The van der Waals surface area contributed by atoms with Crippen molar-refractivity contribution in [3.05, 3.63) is 35.4 Å². The highest BCUT2D eigenvalue weighted by molar-refractivity contribution is 5.21. The summed E-state index contributed by atoms with van der Waals surface area (Å²) in [5.41, 5.74) is 2.27. The molecule has 0 N–H and O–H groups in total. The highest BCUT2D eigenvalue weighted by atomic mass is 16.5. The molecule has 0 spiro atoms. The van der Waals surface area contributed by atoms with E-state index in [4.69, 9.17) is 11.2 Å². The normalized spacial score (nSPS) is 11.6. The Kier molecular flexibility index (Phi) is 5.40. The summed E-state index contributed by atoms with van der Waals surface area (Å²) in [4.78, 5) is 2.13. The number of rotatable bonds is 6. The van der Waals surface area contributed by atoms with Crippen molar-refractivity contribution in [1.29, 1.82) is 0 Å². The summed E-state index contributed by atoms with van der Waals surface area (Å²) in [7, 11) is 2.02. The molecule has 1 aromatic rings. The molecule has 98 valence electrons. The van der Waals surface area contributed by atoms with E-state index in [1.54, 1.807) is 0 Å². The minimum atomic E-state index is -0.216. The van der Waals surface area contributed by atoms with E-state index in [1.165, 1.54) is 11.1 Å². The summed E-state index contributed by atoms with van der Waals surface area (Å²) in [5, 5.41) is 0. The smallest absolute Gasteiger partial charge is 0.0764 e. The number of benzene rings is 1. The molecular formula is C16H23NO. The molecule has 0 atom stereocenters. The molecule has 0 bridgehead atoms. The molecule has 0 aliphatic heterocycles. The Balaban J connectivity index is 2.30. The third-order valence-electron chi connectivity index (χ3n) is 3.23. The van der Waals surface area contributed by atoms with Crippen molar-refractivity contribution >= 4 is 0 Å². The zero-order valence-corrected chi connectivity index (χ0v) is 11.9. The number of hydrogen-bond acceptors (Lipinski definition) is 2. The first kappa shape index (κ1) is 14.8. The molecule has 0 heterocycles. The third kappa shape index (κ3) is 4.52. The minimum absolute atomic E-state index is 0.216. The average Bonchev–Trinajstić information content (AvgIpc) is 2.34. The van der Waals surface area contributed by atoms with Gasteiger partial charge in [0.05, 0.1) is 18.8 Å². The van der Waals surface area contributed by atoms with Crippen LogP contribution in [0.5, 0.6) is 0 Å². The monoisotopic (exact) mass is 245 g/mol. The molecule has 0 aromatic heterocycles.